The summed E-state index contributed by atoms with van der Waals surface area (Å²) in [5, 5.41) is 0. The Labute approximate surface area is 62.7 Å². The molecule has 0 fully saturated rings. The summed E-state index contributed by atoms with van der Waals surface area (Å²) in [4.78, 5) is 8.11. The van der Waals surface area contributed by atoms with Crippen LogP contribution in [0.25, 0.3) is 0 Å². The first-order valence-corrected chi connectivity index (χ1v) is 2.97. The monoisotopic (exact) mass is 159 g/mol. The number of nitrogens with zero attached hydrogens (tertiary/aromatic N) is 3. The minimum atomic E-state index is -0.860. The number of hydrogen-bond acceptors (Lipinski definition) is 3. The van der Waals surface area contributed by atoms with Gasteiger partial charge in [0.25, 0.3) is 0 Å². The van der Waals surface area contributed by atoms with Gasteiger partial charge in [-0.25, -0.2) is 0 Å². The Balaban J connectivity index is 3.08. The average molecular weight is 159 g/mol. The van der Waals surface area contributed by atoms with Crippen LogP contribution < -0.4 is 4.90 Å². The van der Waals surface area contributed by atoms with Gasteiger partial charge in [0.2, 0.25) is 17.8 Å². The predicted octanol–water partition coefficient (Wildman–Crippen LogP) is 0.821. The molecular weight excluding hydrogens is 152 g/mol. The average Bonchev–Trinajstić information content (AvgIpc) is 1.85. The summed E-state index contributed by atoms with van der Waals surface area (Å²) in [6.45, 7) is 0. The van der Waals surface area contributed by atoms with Crippen molar-refractivity contribution in [3.8, 4) is 0 Å². The van der Waals surface area contributed by atoms with Crippen molar-refractivity contribution in [2.24, 2.45) is 0 Å². The Morgan fingerprint density at radius 2 is 1.64 bits per heavy atom. The van der Waals surface area contributed by atoms with E-state index in [2.05, 4.69) is 9.97 Å². The van der Waals surface area contributed by atoms with Gasteiger partial charge < -0.3 is 4.90 Å². The molecule has 3 nitrogen and oxygen atoms in total. The third kappa shape index (κ3) is 1.83. The summed E-state index contributed by atoms with van der Waals surface area (Å²) in [7, 11) is 3.21. The van der Waals surface area contributed by atoms with Gasteiger partial charge in [-0.15, -0.1) is 0 Å². The Kier molecular flexibility index (Phi) is 1.98. The summed E-state index contributed by atoms with van der Waals surface area (Å²) < 4.78 is 24.7. The van der Waals surface area contributed by atoms with Crippen molar-refractivity contribution in [2.75, 3.05) is 19.0 Å². The van der Waals surface area contributed by atoms with E-state index in [9.17, 15) is 8.78 Å². The van der Waals surface area contributed by atoms with E-state index in [4.69, 9.17) is 0 Å². The zero-order chi connectivity index (χ0) is 8.43. The van der Waals surface area contributed by atoms with Crippen LogP contribution in [0.1, 0.15) is 0 Å². The van der Waals surface area contributed by atoms with Gasteiger partial charge in [-0.2, -0.15) is 18.7 Å². The lowest BCUT2D eigenvalue weighted by atomic mass is 10.6. The molecule has 1 heterocycles. The summed E-state index contributed by atoms with van der Waals surface area (Å²) in [6.07, 6.45) is 0. The molecule has 0 aliphatic rings. The highest BCUT2D eigenvalue weighted by Gasteiger charge is 2.04. The lowest BCUT2D eigenvalue weighted by Gasteiger charge is -2.08. The molecule has 0 atom stereocenters. The van der Waals surface area contributed by atoms with Crippen LogP contribution in [0.4, 0.5) is 14.7 Å². The maximum Gasteiger partial charge on any atom is 0.230 e. The molecule has 0 spiro atoms. The second-order valence-electron chi connectivity index (χ2n) is 2.21. The highest BCUT2D eigenvalue weighted by Crippen LogP contribution is 2.04. The van der Waals surface area contributed by atoms with Gasteiger partial charge in [0.05, 0.1) is 0 Å². The highest BCUT2D eigenvalue weighted by atomic mass is 19.1. The number of aromatic nitrogens is 2. The maximum absolute atomic E-state index is 12.4. The van der Waals surface area contributed by atoms with Crippen LogP contribution in [0, 0.1) is 11.9 Å². The van der Waals surface area contributed by atoms with Gasteiger partial charge in [-0.3, -0.25) is 0 Å². The van der Waals surface area contributed by atoms with Gasteiger partial charge in [0, 0.05) is 20.2 Å². The first kappa shape index (κ1) is 7.84. The van der Waals surface area contributed by atoms with E-state index in [0.717, 1.165) is 0 Å². The number of hydrogen-bond donors (Lipinski definition) is 0. The SMILES string of the molecule is CN(C)c1nc(F)cc(F)n1. The lowest BCUT2D eigenvalue weighted by molar-refractivity contribution is 0.525. The second kappa shape index (κ2) is 2.77. The molecule has 0 saturated carbocycles. The first-order valence-electron chi connectivity index (χ1n) is 2.97. The minimum absolute atomic E-state index is 0.0301. The van der Waals surface area contributed by atoms with Crippen LogP contribution in [0.3, 0.4) is 0 Å². The Hall–Kier alpha value is -1.26. The van der Waals surface area contributed by atoms with E-state index in [1.807, 2.05) is 0 Å². The Bertz CT molecular complexity index is 242. The third-order valence-corrected chi connectivity index (χ3v) is 1.05. The number of rotatable bonds is 1. The molecule has 5 heteroatoms. The van der Waals surface area contributed by atoms with Gasteiger partial charge in [0.1, 0.15) is 0 Å². The number of anilines is 1. The number of halogens is 2. The molecular formula is C6H7F2N3. The first-order chi connectivity index (χ1) is 5.09. The minimum Gasteiger partial charge on any atom is -0.347 e. The molecule has 0 aliphatic carbocycles. The fourth-order valence-corrected chi connectivity index (χ4v) is 0.579. The largest absolute Gasteiger partial charge is 0.347 e. The van der Waals surface area contributed by atoms with Gasteiger partial charge in [0.15, 0.2) is 0 Å². The third-order valence-electron chi connectivity index (χ3n) is 1.05. The molecule has 0 saturated heterocycles. The van der Waals surface area contributed by atoms with Crippen molar-refractivity contribution in [2.45, 2.75) is 0 Å². The molecule has 1 aromatic rings. The lowest BCUT2D eigenvalue weighted by Crippen LogP contribution is -2.14. The Morgan fingerprint density at radius 3 is 2.00 bits per heavy atom. The van der Waals surface area contributed by atoms with Gasteiger partial charge in [-0.1, -0.05) is 0 Å². The van der Waals surface area contributed by atoms with Crippen molar-refractivity contribution < 1.29 is 8.78 Å². The van der Waals surface area contributed by atoms with E-state index in [-0.39, 0.29) is 5.95 Å². The topological polar surface area (TPSA) is 29.0 Å². The molecule has 0 unspecified atom stereocenters. The van der Waals surface area contributed by atoms with E-state index in [1.165, 1.54) is 4.90 Å². The quantitative estimate of drug-likeness (QED) is 0.568. The van der Waals surface area contributed by atoms with Crippen molar-refractivity contribution in [3.05, 3.63) is 18.0 Å². The van der Waals surface area contributed by atoms with Crippen molar-refractivity contribution in [1.29, 1.82) is 0 Å². The van der Waals surface area contributed by atoms with Gasteiger partial charge >= 0.3 is 0 Å². The fraction of sp³-hybridized carbons (Fsp3) is 0.333. The van der Waals surface area contributed by atoms with Crippen LogP contribution in [0.5, 0.6) is 0 Å². The summed E-state index contributed by atoms with van der Waals surface area (Å²) >= 11 is 0. The molecule has 11 heavy (non-hydrogen) atoms. The normalized spacial score (nSPS) is 9.82. The zero-order valence-corrected chi connectivity index (χ0v) is 6.17. The smallest absolute Gasteiger partial charge is 0.230 e. The van der Waals surface area contributed by atoms with Crippen LogP contribution in [0.15, 0.2) is 6.07 Å². The fourth-order valence-electron chi connectivity index (χ4n) is 0.579. The molecule has 1 aromatic heterocycles. The molecule has 0 amide bonds. The molecule has 60 valence electrons. The van der Waals surface area contributed by atoms with E-state index in [0.29, 0.717) is 6.07 Å². The molecule has 0 bridgehead atoms. The molecule has 0 N–H and O–H groups in total. The van der Waals surface area contributed by atoms with Crippen LogP contribution >= 0.6 is 0 Å². The standard InChI is InChI=1S/C6H7F2N3/c1-11(2)6-9-4(7)3-5(8)10-6/h3H,1-2H3. The Morgan fingerprint density at radius 1 is 1.18 bits per heavy atom. The van der Waals surface area contributed by atoms with Crippen LogP contribution in [-0.4, -0.2) is 24.1 Å². The van der Waals surface area contributed by atoms with Gasteiger partial charge in [-0.05, 0) is 0 Å². The van der Waals surface area contributed by atoms with Crippen molar-refractivity contribution >= 4 is 5.95 Å². The van der Waals surface area contributed by atoms with E-state index < -0.39 is 11.9 Å². The van der Waals surface area contributed by atoms with Crippen molar-refractivity contribution in [1.82, 2.24) is 9.97 Å². The second-order valence-corrected chi connectivity index (χ2v) is 2.21. The van der Waals surface area contributed by atoms with E-state index in [1.54, 1.807) is 14.1 Å². The van der Waals surface area contributed by atoms with Crippen molar-refractivity contribution in [3.63, 3.8) is 0 Å². The predicted molar refractivity (Wildman–Crippen MR) is 36.3 cm³/mol. The van der Waals surface area contributed by atoms with E-state index >= 15 is 0 Å². The zero-order valence-electron chi connectivity index (χ0n) is 6.17. The molecule has 1 rings (SSSR count). The molecule has 0 aliphatic heterocycles. The molecule has 0 radical (unpaired) electrons. The molecule has 0 aromatic carbocycles. The summed E-state index contributed by atoms with van der Waals surface area (Å²) in [5.74, 6) is -1.69. The summed E-state index contributed by atoms with van der Waals surface area (Å²) in [6, 6.07) is 0.632. The van der Waals surface area contributed by atoms with Crippen LogP contribution in [-0.2, 0) is 0 Å². The van der Waals surface area contributed by atoms with Crippen LogP contribution in [0.2, 0.25) is 0 Å². The summed E-state index contributed by atoms with van der Waals surface area (Å²) in [5.41, 5.74) is 0. The highest BCUT2D eigenvalue weighted by molar-refractivity contribution is 5.25. The maximum atomic E-state index is 12.4.